The first-order valence-corrected chi connectivity index (χ1v) is 5.89. The van der Waals surface area contributed by atoms with Crippen molar-refractivity contribution < 1.29 is 0 Å². The van der Waals surface area contributed by atoms with Crippen molar-refractivity contribution >= 4 is 46.7 Å². The molecule has 0 saturated carbocycles. The van der Waals surface area contributed by atoms with Gasteiger partial charge in [0.15, 0.2) is 0 Å². The fourth-order valence-electron chi connectivity index (χ4n) is 1.20. The van der Waals surface area contributed by atoms with Gasteiger partial charge >= 0.3 is 0 Å². The van der Waals surface area contributed by atoms with Crippen molar-refractivity contribution in [3.8, 4) is 0 Å². The third-order valence-corrected chi connectivity index (χ3v) is 3.07. The lowest BCUT2D eigenvalue weighted by atomic mass is 10.3. The molecule has 2 rings (SSSR count). The van der Waals surface area contributed by atoms with Crippen LogP contribution in [0.15, 0.2) is 41.7 Å². The summed E-state index contributed by atoms with van der Waals surface area (Å²) in [5, 5.41) is 1.31. The van der Waals surface area contributed by atoms with Crippen molar-refractivity contribution in [1.29, 1.82) is 0 Å². The third kappa shape index (κ3) is 3.19. The zero-order valence-corrected chi connectivity index (χ0v) is 10.8. The molecule has 0 bridgehead atoms. The summed E-state index contributed by atoms with van der Waals surface area (Å²) in [5.41, 5.74) is 1.51. The van der Waals surface area contributed by atoms with E-state index in [0.29, 0.717) is 20.8 Å². The minimum absolute atomic E-state index is 0.416. The third-order valence-electron chi connectivity index (χ3n) is 2.05. The van der Waals surface area contributed by atoms with Crippen LogP contribution in [0.4, 0.5) is 5.69 Å². The molecule has 2 nitrogen and oxygen atoms in total. The second kappa shape index (κ2) is 5.50. The van der Waals surface area contributed by atoms with E-state index in [1.165, 1.54) is 0 Å². The molecule has 0 N–H and O–H groups in total. The number of aromatic nitrogens is 1. The first-order valence-electron chi connectivity index (χ1n) is 4.75. The Kier molecular flexibility index (Phi) is 4.00. The van der Waals surface area contributed by atoms with Crippen LogP contribution in [0.2, 0.25) is 15.1 Å². The van der Waals surface area contributed by atoms with Crippen molar-refractivity contribution in [3.05, 3.63) is 57.3 Å². The molecule has 1 aromatic carbocycles. The molecule has 0 spiro atoms. The van der Waals surface area contributed by atoms with Crippen LogP contribution in [0.1, 0.15) is 5.56 Å². The van der Waals surface area contributed by atoms with Crippen LogP contribution in [0, 0.1) is 0 Å². The maximum absolute atomic E-state index is 6.00. The van der Waals surface area contributed by atoms with E-state index in [1.54, 1.807) is 30.7 Å². The van der Waals surface area contributed by atoms with E-state index < -0.39 is 0 Å². The second-order valence-corrected chi connectivity index (χ2v) is 4.48. The SMILES string of the molecule is Clc1cc(Cl)c(N=Cc2ccncc2)cc1Cl. The van der Waals surface area contributed by atoms with E-state index in [1.807, 2.05) is 12.1 Å². The summed E-state index contributed by atoms with van der Waals surface area (Å²) in [5.74, 6) is 0. The highest BCUT2D eigenvalue weighted by Crippen LogP contribution is 2.33. The summed E-state index contributed by atoms with van der Waals surface area (Å²) in [4.78, 5) is 8.17. The monoisotopic (exact) mass is 284 g/mol. The zero-order valence-electron chi connectivity index (χ0n) is 8.57. The molecule has 0 amide bonds. The largest absolute Gasteiger partial charge is 0.265 e. The number of rotatable bonds is 2. The number of pyridine rings is 1. The Hall–Kier alpha value is -1.09. The summed E-state index contributed by atoms with van der Waals surface area (Å²) in [6.07, 6.45) is 5.07. The van der Waals surface area contributed by atoms with Crippen molar-refractivity contribution in [2.24, 2.45) is 4.99 Å². The zero-order chi connectivity index (χ0) is 12.3. The molecule has 0 radical (unpaired) electrons. The van der Waals surface area contributed by atoms with Crippen LogP contribution in [0.25, 0.3) is 0 Å². The molecule has 0 fully saturated rings. The average molecular weight is 286 g/mol. The molecule has 0 aliphatic heterocycles. The van der Waals surface area contributed by atoms with Gasteiger partial charge in [-0.3, -0.25) is 9.98 Å². The van der Waals surface area contributed by atoms with Crippen LogP contribution in [0.3, 0.4) is 0 Å². The number of hydrogen-bond acceptors (Lipinski definition) is 2. The summed E-state index contributed by atoms with van der Waals surface area (Å²) < 4.78 is 0. The Morgan fingerprint density at radius 3 is 2.29 bits per heavy atom. The first kappa shape index (κ1) is 12.4. The normalized spacial score (nSPS) is 11.0. The van der Waals surface area contributed by atoms with Gasteiger partial charge in [0.25, 0.3) is 0 Å². The van der Waals surface area contributed by atoms with E-state index in [0.717, 1.165) is 5.56 Å². The number of halogens is 3. The minimum atomic E-state index is 0.416. The molecule has 1 aromatic heterocycles. The van der Waals surface area contributed by atoms with E-state index >= 15 is 0 Å². The number of nitrogens with zero attached hydrogens (tertiary/aromatic N) is 2. The molecule has 0 aliphatic rings. The van der Waals surface area contributed by atoms with E-state index in [9.17, 15) is 0 Å². The van der Waals surface area contributed by atoms with Crippen LogP contribution in [-0.2, 0) is 0 Å². The lowest BCUT2D eigenvalue weighted by Gasteiger charge is -2.01. The summed E-state index contributed by atoms with van der Waals surface area (Å²) >= 11 is 17.7. The number of hydrogen-bond donors (Lipinski definition) is 0. The van der Waals surface area contributed by atoms with Gasteiger partial charge in [-0.1, -0.05) is 34.8 Å². The van der Waals surface area contributed by atoms with E-state index in [4.69, 9.17) is 34.8 Å². The van der Waals surface area contributed by atoms with Crippen LogP contribution < -0.4 is 0 Å². The van der Waals surface area contributed by atoms with Gasteiger partial charge in [0, 0.05) is 18.6 Å². The molecule has 0 unspecified atom stereocenters. The summed E-state index contributed by atoms with van der Waals surface area (Å²) in [6, 6.07) is 6.89. The second-order valence-electron chi connectivity index (χ2n) is 3.26. The maximum Gasteiger partial charge on any atom is 0.0831 e. The van der Waals surface area contributed by atoms with Gasteiger partial charge in [0.1, 0.15) is 0 Å². The van der Waals surface area contributed by atoms with Crippen LogP contribution in [-0.4, -0.2) is 11.2 Å². The van der Waals surface area contributed by atoms with E-state index in [-0.39, 0.29) is 0 Å². The minimum Gasteiger partial charge on any atom is -0.265 e. The molecular formula is C12H7Cl3N2. The average Bonchev–Trinajstić information content (AvgIpc) is 2.33. The standard InChI is InChI=1S/C12H7Cl3N2/c13-9-5-11(15)12(6-10(9)14)17-7-8-1-3-16-4-2-8/h1-7H. The highest BCUT2D eigenvalue weighted by atomic mass is 35.5. The lowest BCUT2D eigenvalue weighted by Crippen LogP contribution is -1.80. The number of aliphatic imine (C=N–C) groups is 1. The summed E-state index contributed by atoms with van der Waals surface area (Å²) in [6.45, 7) is 0. The van der Waals surface area contributed by atoms with Gasteiger partial charge in [-0.25, -0.2) is 0 Å². The highest BCUT2D eigenvalue weighted by molar-refractivity contribution is 6.43. The molecular weight excluding hydrogens is 279 g/mol. The fraction of sp³-hybridized carbons (Fsp3) is 0. The topological polar surface area (TPSA) is 25.2 Å². The molecule has 0 atom stereocenters. The van der Waals surface area contributed by atoms with Gasteiger partial charge in [-0.15, -0.1) is 0 Å². The molecule has 86 valence electrons. The van der Waals surface area contributed by atoms with Crippen LogP contribution in [0.5, 0.6) is 0 Å². The van der Waals surface area contributed by atoms with Crippen molar-refractivity contribution in [2.45, 2.75) is 0 Å². The molecule has 5 heteroatoms. The quantitative estimate of drug-likeness (QED) is 0.575. The molecule has 17 heavy (non-hydrogen) atoms. The maximum atomic E-state index is 6.00. The highest BCUT2D eigenvalue weighted by Gasteiger charge is 2.04. The fourth-order valence-corrected chi connectivity index (χ4v) is 1.79. The smallest absolute Gasteiger partial charge is 0.0831 e. The van der Waals surface area contributed by atoms with Crippen LogP contribution >= 0.6 is 34.8 Å². The van der Waals surface area contributed by atoms with E-state index in [2.05, 4.69) is 9.98 Å². The molecule has 0 saturated heterocycles. The number of benzene rings is 1. The Morgan fingerprint density at radius 2 is 1.59 bits per heavy atom. The Balaban J connectivity index is 2.31. The first-order chi connectivity index (χ1) is 8.16. The predicted molar refractivity (Wildman–Crippen MR) is 73.0 cm³/mol. The Morgan fingerprint density at radius 1 is 0.941 bits per heavy atom. The van der Waals surface area contributed by atoms with Crippen molar-refractivity contribution in [3.63, 3.8) is 0 Å². The van der Waals surface area contributed by atoms with Gasteiger partial charge in [0.05, 0.1) is 20.8 Å². The van der Waals surface area contributed by atoms with Crippen molar-refractivity contribution in [2.75, 3.05) is 0 Å². The molecule has 1 heterocycles. The molecule has 0 aliphatic carbocycles. The van der Waals surface area contributed by atoms with Gasteiger partial charge in [0.2, 0.25) is 0 Å². The Labute approximate surface area is 114 Å². The van der Waals surface area contributed by atoms with Gasteiger partial charge < -0.3 is 0 Å². The van der Waals surface area contributed by atoms with Gasteiger partial charge in [-0.2, -0.15) is 0 Å². The lowest BCUT2D eigenvalue weighted by molar-refractivity contribution is 1.32. The molecule has 2 aromatic rings. The summed E-state index contributed by atoms with van der Waals surface area (Å²) in [7, 11) is 0. The van der Waals surface area contributed by atoms with Crippen molar-refractivity contribution in [1.82, 2.24) is 4.98 Å². The van der Waals surface area contributed by atoms with Gasteiger partial charge in [-0.05, 0) is 29.8 Å². The Bertz CT molecular complexity index is 553. The predicted octanol–water partition coefficient (Wildman–Crippen LogP) is 4.79.